The summed E-state index contributed by atoms with van der Waals surface area (Å²) in [6.07, 6.45) is 0.167. The van der Waals surface area contributed by atoms with Crippen molar-refractivity contribution in [2.45, 2.75) is 20.0 Å². The third kappa shape index (κ3) is 2.16. The summed E-state index contributed by atoms with van der Waals surface area (Å²) < 4.78 is 12.1. The molecule has 0 saturated carbocycles. The van der Waals surface area contributed by atoms with Crippen molar-refractivity contribution < 1.29 is 9.15 Å². The fourth-order valence-corrected chi connectivity index (χ4v) is 4.34. The summed E-state index contributed by atoms with van der Waals surface area (Å²) in [7, 11) is 1.72. The van der Waals surface area contributed by atoms with E-state index in [9.17, 15) is 0 Å². The van der Waals surface area contributed by atoms with Gasteiger partial charge in [0.05, 0.1) is 18.5 Å². The Balaban J connectivity index is 1.84. The lowest BCUT2D eigenvalue weighted by Crippen LogP contribution is -2.38. The summed E-state index contributed by atoms with van der Waals surface area (Å²) >= 11 is 0. The number of para-hydroxylation sites is 3. The minimum atomic E-state index is 0.167. The van der Waals surface area contributed by atoms with Crippen LogP contribution in [0.2, 0.25) is 0 Å². The second-order valence-corrected chi connectivity index (χ2v) is 6.87. The van der Waals surface area contributed by atoms with Gasteiger partial charge in [-0.3, -0.25) is 0 Å². The monoisotopic (exact) mass is 358 g/mol. The van der Waals surface area contributed by atoms with Crippen LogP contribution in [0, 0.1) is 0 Å². The van der Waals surface area contributed by atoms with Gasteiger partial charge in [-0.15, -0.1) is 0 Å². The summed E-state index contributed by atoms with van der Waals surface area (Å²) in [5, 5.41) is 2.24. The summed E-state index contributed by atoms with van der Waals surface area (Å²) in [4.78, 5) is 4.73. The molecule has 0 saturated heterocycles. The van der Waals surface area contributed by atoms with Gasteiger partial charge in [0.1, 0.15) is 23.2 Å². The number of anilines is 3. The summed E-state index contributed by atoms with van der Waals surface area (Å²) in [5.41, 5.74) is 5.17. The van der Waals surface area contributed by atoms with Crippen molar-refractivity contribution in [3.63, 3.8) is 0 Å². The Morgan fingerprint density at radius 3 is 2.44 bits per heavy atom. The first-order chi connectivity index (χ1) is 13.2. The first-order valence-corrected chi connectivity index (χ1v) is 9.37. The van der Waals surface area contributed by atoms with E-state index in [2.05, 4.69) is 60.0 Å². The fraction of sp³-hybridized carbons (Fsp3) is 0.217. The van der Waals surface area contributed by atoms with E-state index in [0.717, 1.165) is 39.9 Å². The summed E-state index contributed by atoms with van der Waals surface area (Å²) in [5.74, 6) is 0.821. The molecule has 4 aromatic rings. The highest BCUT2D eigenvalue weighted by Crippen LogP contribution is 2.50. The van der Waals surface area contributed by atoms with Crippen LogP contribution in [0.5, 0.6) is 5.75 Å². The summed E-state index contributed by atoms with van der Waals surface area (Å²) in [6.45, 7) is 5.35. The van der Waals surface area contributed by atoms with Crippen LogP contribution < -0.4 is 14.5 Å². The predicted octanol–water partition coefficient (Wildman–Crippen LogP) is 5.92. The van der Waals surface area contributed by atoms with Crippen molar-refractivity contribution in [1.82, 2.24) is 0 Å². The predicted molar refractivity (Wildman–Crippen MR) is 111 cm³/mol. The minimum Gasteiger partial charge on any atom is -0.494 e. The van der Waals surface area contributed by atoms with Gasteiger partial charge in [-0.1, -0.05) is 30.3 Å². The number of hydrogen-bond acceptors (Lipinski definition) is 4. The highest BCUT2D eigenvalue weighted by Gasteiger charge is 2.36. The SMILES string of the molecule is CCN1c2ccccc2N(c2c(OC)ccc3c2oc2ccccc23)[C@H]1C. The molecule has 0 bridgehead atoms. The van der Waals surface area contributed by atoms with E-state index in [0.29, 0.717) is 0 Å². The average Bonchev–Trinajstić information content (AvgIpc) is 3.21. The van der Waals surface area contributed by atoms with Gasteiger partial charge in [0.2, 0.25) is 0 Å². The molecule has 2 heterocycles. The third-order valence-corrected chi connectivity index (χ3v) is 5.56. The van der Waals surface area contributed by atoms with Crippen molar-refractivity contribution in [2.24, 2.45) is 0 Å². The Kier molecular flexibility index (Phi) is 3.54. The molecule has 0 N–H and O–H groups in total. The molecule has 3 aromatic carbocycles. The van der Waals surface area contributed by atoms with E-state index in [-0.39, 0.29) is 6.17 Å². The molecule has 27 heavy (non-hydrogen) atoms. The Morgan fingerprint density at radius 1 is 0.926 bits per heavy atom. The Morgan fingerprint density at radius 2 is 1.67 bits per heavy atom. The van der Waals surface area contributed by atoms with Crippen molar-refractivity contribution in [3.05, 3.63) is 60.7 Å². The van der Waals surface area contributed by atoms with E-state index >= 15 is 0 Å². The Bertz CT molecular complexity index is 1150. The quantitative estimate of drug-likeness (QED) is 0.455. The fourth-order valence-electron chi connectivity index (χ4n) is 4.34. The highest BCUT2D eigenvalue weighted by atomic mass is 16.5. The van der Waals surface area contributed by atoms with E-state index in [4.69, 9.17) is 9.15 Å². The van der Waals surface area contributed by atoms with Gasteiger partial charge >= 0.3 is 0 Å². The molecule has 4 nitrogen and oxygen atoms in total. The zero-order valence-corrected chi connectivity index (χ0v) is 15.8. The van der Waals surface area contributed by atoms with Crippen molar-refractivity contribution in [2.75, 3.05) is 23.5 Å². The molecule has 1 aliphatic heterocycles. The van der Waals surface area contributed by atoms with Crippen LogP contribution in [0.15, 0.2) is 65.1 Å². The molecule has 1 aromatic heterocycles. The number of ether oxygens (including phenoxy) is 1. The van der Waals surface area contributed by atoms with E-state index in [1.165, 1.54) is 11.4 Å². The van der Waals surface area contributed by atoms with Gasteiger partial charge in [0.15, 0.2) is 5.58 Å². The average molecular weight is 358 g/mol. The number of benzene rings is 3. The van der Waals surface area contributed by atoms with Gasteiger partial charge in [-0.05, 0) is 44.2 Å². The lowest BCUT2D eigenvalue weighted by Gasteiger charge is -2.30. The van der Waals surface area contributed by atoms with Crippen molar-refractivity contribution in [3.8, 4) is 5.75 Å². The van der Waals surface area contributed by atoms with Crippen LogP contribution in [-0.4, -0.2) is 19.8 Å². The smallest absolute Gasteiger partial charge is 0.162 e. The molecular weight excluding hydrogens is 336 g/mol. The Hall–Kier alpha value is -3.14. The molecule has 0 unspecified atom stereocenters. The number of rotatable bonds is 3. The molecule has 0 amide bonds. The molecule has 1 aliphatic rings. The van der Waals surface area contributed by atoms with Crippen LogP contribution >= 0.6 is 0 Å². The number of nitrogens with zero attached hydrogens (tertiary/aromatic N) is 2. The Labute approximate surface area is 158 Å². The van der Waals surface area contributed by atoms with Crippen LogP contribution in [0.1, 0.15) is 13.8 Å². The minimum absolute atomic E-state index is 0.167. The molecule has 4 heteroatoms. The van der Waals surface area contributed by atoms with E-state index in [1.54, 1.807) is 7.11 Å². The maximum atomic E-state index is 6.33. The molecule has 0 fully saturated rings. The van der Waals surface area contributed by atoms with Crippen molar-refractivity contribution >= 4 is 39.0 Å². The first kappa shape index (κ1) is 16.1. The van der Waals surface area contributed by atoms with Gasteiger partial charge < -0.3 is 19.0 Å². The van der Waals surface area contributed by atoms with Crippen LogP contribution in [0.3, 0.4) is 0 Å². The maximum absolute atomic E-state index is 6.33. The highest BCUT2D eigenvalue weighted by molar-refractivity contribution is 6.11. The molecule has 136 valence electrons. The second-order valence-electron chi connectivity index (χ2n) is 6.87. The van der Waals surface area contributed by atoms with Gasteiger partial charge in [0.25, 0.3) is 0 Å². The lowest BCUT2D eigenvalue weighted by molar-refractivity contribution is 0.414. The van der Waals surface area contributed by atoms with E-state index < -0.39 is 0 Å². The molecule has 0 aliphatic carbocycles. The molecule has 1 atom stereocenters. The number of methoxy groups -OCH3 is 1. The zero-order valence-electron chi connectivity index (χ0n) is 15.8. The molecule has 5 rings (SSSR count). The van der Waals surface area contributed by atoms with E-state index in [1.807, 2.05) is 24.3 Å². The van der Waals surface area contributed by atoms with Gasteiger partial charge in [-0.25, -0.2) is 0 Å². The molecule has 0 radical (unpaired) electrons. The number of fused-ring (bicyclic) bond motifs is 4. The molecular formula is C23H22N2O2. The van der Waals surface area contributed by atoms with Gasteiger partial charge in [-0.2, -0.15) is 0 Å². The zero-order chi connectivity index (χ0) is 18.5. The number of hydrogen-bond donors (Lipinski definition) is 0. The third-order valence-electron chi connectivity index (χ3n) is 5.56. The topological polar surface area (TPSA) is 28.9 Å². The molecule has 0 spiro atoms. The summed E-state index contributed by atoms with van der Waals surface area (Å²) in [6, 6.07) is 20.9. The standard InChI is InChI=1S/C23H22N2O2/c1-4-24-15(2)25(19-11-7-6-10-18(19)24)22-21(26-3)14-13-17-16-9-5-8-12-20(16)27-23(17)22/h5-15H,4H2,1-3H3/t15-/m0/s1. The van der Waals surface area contributed by atoms with Crippen LogP contribution in [0.4, 0.5) is 17.1 Å². The largest absolute Gasteiger partial charge is 0.494 e. The number of furan rings is 1. The normalized spacial score (nSPS) is 16.3. The van der Waals surface area contributed by atoms with Crippen molar-refractivity contribution in [1.29, 1.82) is 0 Å². The van der Waals surface area contributed by atoms with Crippen LogP contribution in [0.25, 0.3) is 21.9 Å². The maximum Gasteiger partial charge on any atom is 0.162 e. The second kappa shape index (κ2) is 5.95. The van der Waals surface area contributed by atoms with Gasteiger partial charge in [0, 0.05) is 17.3 Å². The first-order valence-electron chi connectivity index (χ1n) is 9.37. The van der Waals surface area contributed by atoms with Crippen LogP contribution in [-0.2, 0) is 0 Å². The lowest BCUT2D eigenvalue weighted by atomic mass is 10.1.